The third-order valence-corrected chi connectivity index (χ3v) is 6.02. The van der Waals surface area contributed by atoms with E-state index in [1.165, 1.54) is 0 Å². The maximum absolute atomic E-state index is 12.7. The summed E-state index contributed by atoms with van der Waals surface area (Å²) >= 11 is 0. The summed E-state index contributed by atoms with van der Waals surface area (Å²) in [5.41, 5.74) is 2.21. The minimum Gasteiger partial charge on any atom is -0.444 e. The van der Waals surface area contributed by atoms with E-state index in [1.54, 1.807) is 4.90 Å². The van der Waals surface area contributed by atoms with Crippen LogP contribution in [-0.4, -0.2) is 58.0 Å². The van der Waals surface area contributed by atoms with Crippen molar-refractivity contribution in [1.82, 2.24) is 14.7 Å². The lowest BCUT2D eigenvalue weighted by molar-refractivity contribution is 0.0177. The number of aromatic nitrogens is 2. The van der Waals surface area contributed by atoms with Crippen LogP contribution in [-0.2, 0) is 16.0 Å². The van der Waals surface area contributed by atoms with E-state index in [4.69, 9.17) is 14.6 Å². The Kier molecular flexibility index (Phi) is 8.16. The van der Waals surface area contributed by atoms with Crippen LogP contribution in [0, 0.1) is 12.8 Å². The maximum Gasteiger partial charge on any atom is 0.410 e. The largest absolute Gasteiger partial charge is 0.444 e. The van der Waals surface area contributed by atoms with Crippen LogP contribution in [0.1, 0.15) is 76.2 Å². The standard InChI is InChI=1S/C26H39N3O4/c1-18(2)32-15-7-8-24(30)21-9-10-23-22(19(21)3)17-29(27-23)16-20-11-13-28(14-12-20)25(31)33-26(4,5)6/h9-10,17-18,20H,7-8,11-16H2,1-6H3. The molecule has 0 radical (unpaired) electrons. The van der Waals surface area contributed by atoms with E-state index in [0.29, 0.717) is 32.0 Å². The van der Waals surface area contributed by atoms with Crippen molar-refractivity contribution in [2.45, 2.75) is 85.5 Å². The minimum absolute atomic E-state index is 0.157. The predicted octanol–water partition coefficient (Wildman–Crippen LogP) is 5.38. The lowest BCUT2D eigenvalue weighted by atomic mass is 9.97. The number of ether oxygens (including phenoxy) is 2. The number of hydrogen-bond acceptors (Lipinski definition) is 5. The zero-order valence-corrected chi connectivity index (χ0v) is 21.0. The van der Waals surface area contributed by atoms with Crippen LogP contribution < -0.4 is 0 Å². The van der Waals surface area contributed by atoms with Gasteiger partial charge in [-0.05, 0) is 84.4 Å². The van der Waals surface area contributed by atoms with Gasteiger partial charge in [-0.1, -0.05) is 0 Å². The number of aryl methyl sites for hydroxylation is 1. The number of Topliss-reactive ketones (excluding diaryl/α,β-unsaturated/α-hetero) is 1. The molecule has 7 heteroatoms. The highest BCUT2D eigenvalue weighted by molar-refractivity contribution is 6.01. The van der Waals surface area contributed by atoms with Crippen LogP contribution in [0.4, 0.5) is 4.79 Å². The molecule has 1 aromatic heterocycles. The predicted molar refractivity (Wildman–Crippen MR) is 130 cm³/mol. The van der Waals surface area contributed by atoms with Crippen LogP contribution in [0.25, 0.3) is 10.9 Å². The van der Waals surface area contributed by atoms with Gasteiger partial charge >= 0.3 is 6.09 Å². The van der Waals surface area contributed by atoms with E-state index in [-0.39, 0.29) is 18.0 Å². The normalized spacial score (nSPS) is 15.4. The molecule has 0 spiro atoms. The summed E-state index contributed by atoms with van der Waals surface area (Å²) in [6, 6.07) is 3.85. The molecule has 1 saturated heterocycles. The van der Waals surface area contributed by atoms with Gasteiger partial charge in [-0.25, -0.2) is 4.79 Å². The third-order valence-electron chi connectivity index (χ3n) is 6.02. The molecule has 1 aliphatic rings. The average Bonchev–Trinajstić information content (AvgIpc) is 3.14. The van der Waals surface area contributed by atoms with Gasteiger partial charge < -0.3 is 14.4 Å². The molecule has 1 fully saturated rings. The lowest BCUT2D eigenvalue weighted by Crippen LogP contribution is -2.42. The molecule has 0 atom stereocenters. The Morgan fingerprint density at radius 3 is 2.52 bits per heavy atom. The van der Waals surface area contributed by atoms with E-state index in [1.807, 2.05) is 58.4 Å². The van der Waals surface area contributed by atoms with Gasteiger partial charge in [0, 0.05) is 49.8 Å². The number of nitrogens with zero attached hydrogens (tertiary/aromatic N) is 3. The highest BCUT2D eigenvalue weighted by Crippen LogP contribution is 2.25. The summed E-state index contributed by atoms with van der Waals surface area (Å²) in [6.07, 6.45) is 5.10. The van der Waals surface area contributed by atoms with Crippen molar-refractivity contribution in [2.24, 2.45) is 5.92 Å². The lowest BCUT2D eigenvalue weighted by Gasteiger charge is -2.33. The Balaban J connectivity index is 1.58. The molecule has 0 aliphatic carbocycles. The molecule has 1 aromatic carbocycles. The SMILES string of the molecule is Cc1c(C(=O)CCCOC(C)C)ccc2nn(CC3CCN(C(=O)OC(C)(C)C)CC3)cc12. The molecule has 7 nitrogen and oxygen atoms in total. The first-order chi connectivity index (χ1) is 15.5. The Morgan fingerprint density at radius 1 is 1.18 bits per heavy atom. The van der Waals surface area contributed by atoms with E-state index >= 15 is 0 Å². The molecule has 182 valence electrons. The zero-order chi connectivity index (χ0) is 24.2. The number of likely N-dealkylation sites (tertiary alicyclic amines) is 1. The number of rotatable bonds is 8. The van der Waals surface area contributed by atoms with Gasteiger partial charge in [-0.15, -0.1) is 0 Å². The molecule has 2 aromatic rings. The highest BCUT2D eigenvalue weighted by atomic mass is 16.6. The average molecular weight is 458 g/mol. The third kappa shape index (κ3) is 7.03. The van der Waals surface area contributed by atoms with Crippen molar-refractivity contribution in [1.29, 1.82) is 0 Å². The fourth-order valence-corrected chi connectivity index (χ4v) is 4.25. The smallest absolute Gasteiger partial charge is 0.410 e. The van der Waals surface area contributed by atoms with E-state index in [9.17, 15) is 9.59 Å². The van der Waals surface area contributed by atoms with Gasteiger partial charge in [0.05, 0.1) is 11.6 Å². The topological polar surface area (TPSA) is 73.7 Å². The Labute approximate surface area is 197 Å². The summed E-state index contributed by atoms with van der Waals surface area (Å²) in [5, 5.41) is 5.78. The monoisotopic (exact) mass is 457 g/mol. The number of piperidine rings is 1. The highest BCUT2D eigenvalue weighted by Gasteiger charge is 2.27. The van der Waals surface area contributed by atoms with Gasteiger partial charge in [-0.3, -0.25) is 9.48 Å². The minimum atomic E-state index is -0.469. The molecule has 2 heterocycles. The molecule has 0 bridgehead atoms. The molecule has 3 rings (SSSR count). The van der Waals surface area contributed by atoms with Crippen LogP contribution in [0.5, 0.6) is 0 Å². The van der Waals surface area contributed by atoms with Crippen molar-refractivity contribution < 1.29 is 19.1 Å². The van der Waals surface area contributed by atoms with Crippen molar-refractivity contribution in [3.63, 3.8) is 0 Å². The van der Waals surface area contributed by atoms with Crippen molar-refractivity contribution in [3.8, 4) is 0 Å². The summed E-state index contributed by atoms with van der Waals surface area (Å²) in [4.78, 5) is 26.8. The molecule has 1 aliphatic heterocycles. The molecular formula is C26H39N3O4. The summed E-state index contributed by atoms with van der Waals surface area (Å²) < 4.78 is 13.0. The van der Waals surface area contributed by atoms with E-state index in [2.05, 4.69) is 6.20 Å². The number of ketones is 1. The number of fused-ring (bicyclic) bond motifs is 1. The number of amides is 1. The second kappa shape index (κ2) is 10.7. The Morgan fingerprint density at radius 2 is 1.88 bits per heavy atom. The Hall–Kier alpha value is -2.41. The van der Waals surface area contributed by atoms with Gasteiger partial charge in [-0.2, -0.15) is 5.10 Å². The van der Waals surface area contributed by atoms with Crippen molar-refractivity contribution in [2.75, 3.05) is 19.7 Å². The van der Waals surface area contributed by atoms with Gasteiger partial charge in [0.1, 0.15) is 5.60 Å². The number of benzene rings is 1. The Bertz CT molecular complexity index is 966. The molecule has 33 heavy (non-hydrogen) atoms. The number of carbonyl (C=O) groups is 2. The quantitative estimate of drug-likeness (QED) is 0.393. The second-order valence-corrected chi connectivity index (χ2v) is 10.4. The molecule has 0 N–H and O–H groups in total. The van der Waals surface area contributed by atoms with E-state index < -0.39 is 5.60 Å². The molecule has 0 saturated carbocycles. The van der Waals surface area contributed by atoms with Crippen molar-refractivity contribution >= 4 is 22.8 Å². The van der Waals surface area contributed by atoms with Gasteiger partial charge in [0.25, 0.3) is 0 Å². The summed E-state index contributed by atoms with van der Waals surface area (Å²) in [7, 11) is 0. The van der Waals surface area contributed by atoms with Crippen LogP contribution in [0.15, 0.2) is 18.3 Å². The summed E-state index contributed by atoms with van der Waals surface area (Å²) in [6.45, 7) is 14.5. The first-order valence-corrected chi connectivity index (χ1v) is 12.1. The molecule has 0 unspecified atom stereocenters. The number of carbonyl (C=O) groups excluding carboxylic acids is 2. The first-order valence-electron chi connectivity index (χ1n) is 12.1. The zero-order valence-electron chi connectivity index (χ0n) is 21.0. The maximum atomic E-state index is 12.7. The second-order valence-electron chi connectivity index (χ2n) is 10.4. The number of hydrogen-bond donors (Lipinski definition) is 0. The first kappa shape index (κ1) is 25.2. The molecule has 1 amide bonds. The van der Waals surface area contributed by atoms with Gasteiger partial charge in [0.15, 0.2) is 5.78 Å². The fraction of sp³-hybridized carbons (Fsp3) is 0.654. The fourth-order valence-electron chi connectivity index (χ4n) is 4.25. The summed E-state index contributed by atoms with van der Waals surface area (Å²) in [5.74, 6) is 0.615. The van der Waals surface area contributed by atoms with E-state index in [0.717, 1.165) is 47.8 Å². The molecular weight excluding hydrogens is 418 g/mol. The van der Waals surface area contributed by atoms with Gasteiger partial charge in [0.2, 0.25) is 0 Å². The van der Waals surface area contributed by atoms with Crippen LogP contribution >= 0.6 is 0 Å². The van der Waals surface area contributed by atoms with Crippen LogP contribution in [0.2, 0.25) is 0 Å². The van der Waals surface area contributed by atoms with Crippen LogP contribution in [0.3, 0.4) is 0 Å². The van der Waals surface area contributed by atoms with Crippen molar-refractivity contribution in [3.05, 3.63) is 29.5 Å².